The van der Waals surface area contributed by atoms with E-state index in [1.54, 1.807) is 21.6 Å². The van der Waals surface area contributed by atoms with Gasteiger partial charge in [-0.05, 0) is 18.2 Å². The first-order chi connectivity index (χ1) is 17.6. The molecule has 0 spiro atoms. The summed E-state index contributed by atoms with van der Waals surface area (Å²) in [5, 5.41) is 10.3. The van der Waals surface area contributed by atoms with Crippen LogP contribution in [0.1, 0.15) is 10.4 Å². The first kappa shape index (κ1) is 23.4. The van der Waals surface area contributed by atoms with E-state index in [-0.39, 0.29) is 54.0 Å². The molecule has 6 rings (SSSR count). The molecule has 0 saturated carbocycles. The summed E-state index contributed by atoms with van der Waals surface area (Å²) < 4.78 is 93.0. The molecule has 0 bridgehead atoms. The average molecular weight is 519 g/mol. The van der Waals surface area contributed by atoms with Crippen molar-refractivity contribution in [3.63, 3.8) is 0 Å². The van der Waals surface area contributed by atoms with Gasteiger partial charge < -0.3 is 14.4 Å². The summed E-state index contributed by atoms with van der Waals surface area (Å²) >= 11 is 0. The molecule has 2 aromatic carbocycles. The van der Waals surface area contributed by atoms with Gasteiger partial charge in [-0.2, -0.15) is 0 Å². The number of carboxylic acid groups (broad SMARTS) is 1. The number of anilines is 1. The molecule has 0 amide bonds. The Morgan fingerprint density at radius 2 is 1.59 bits per heavy atom. The Hall–Kier alpha value is -4.02. The highest BCUT2D eigenvalue weighted by molar-refractivity contribution is 6.08. The number of benzene rings is 3. The molecule has 0 atom stereocenters. The third-order valence-corrected chi connectivity index (χ3v) is 6.82. The van der Waals surface area contributed by atoms with E-state index in [2.05, 4.69) is 0 Å². The summed E-state index contributed by atoms with van der Waals surface area (Å²) in [7, 11) is 0. The summed E-state index contributed by atoms with van der Waals surface area (Å²) in [6, 6.07) is 9.04. The summed E-state index contributed by atoms with van der Waals surface area (Å²) in [4.78, 5) is 13.7. The fourth-order valence-corrected chi connectivity index (χ4v) is 4.87. The molecule has 0 unspecified atom stereocenters. The third kappa shape index (κ3) is 3.55. The smallest absolute Gasteiger partial charge is 0.339 e. The van der Waals surface area contributed by atoms with Crippen molar-refractivity contribution in [3.8, 4) is 22.5 Å². The molecule has 2 saturated heterocycles. The van der Waals surface area contributed by atoms with Gasteiger partial charge in [0.05, 0.1) is 19.2 Å². The lowest BCUT2D eigenvalue weighted by Gasteiger charge is -2.36. The van der Waals surface area contributed by atoms with Crippen LogP contribution in [-0.2, 0) is 0 Å². The zero-order chi connectivity index (χ0) is 26.2. The van der Waals surface area contributed by atoms with Crippen LogP contribution in [0.2, 0.25) is 0 Å². The second-order valence-corrected chi connectivity index (χ2v) is 9.15. The average Bonchev–Trinajstić information content (AvgIpc) is 2.83. The molecular formula is C26H17F6N2O3+. The quantitative estimate of drug-likeness (QED) is 0.140. The molecule has 190 valence electrons. The van der Waals surface area contributed by atoms with E-state index in [4.69, 9.17) is 4.42 Å². The molecule has 4 aliphatic rings. The standard InChI is InChI=1S/C26H16F6N2O3/c27-11-7-33(8-11)13-1-3-15-17(5-13)37-18-6-14(34-9-12(28)10-34)2-4-16(18)19(15)20-21(26(35)36)23(30)25(32)24(31)22(20)29/h1-6,11-12H,7-10H2/p+1. The first-order valence-electron chi connectivity index (χ1n) is 11.3. The number of hydrogen-bond acceptors (Lipinski definition) is 3. The van der Waals surface area contributed by atoms with Gasteiger partial charge in [-0.15, -0.1) is 0 Å². The molecule has 3 aliphatic heterocycles. The van der Waals surface area contributed by atoms with Gasteiger partial charge >= 0.3 is 5.97 Å². The number of rotatable bonds is 3. The third-order valence-electron chi connectivity index (χ3n) is 6.82. The van der Waals surface area contributed by atoms with E-state index in [1.165, 1.54) is 24.3 Å². The number of aromatic carboxylic acids is 1. The molecule has 3 heterocycles. The van der Waals surface area contributed by atoms with Crippen molar-refractivity contribution in [1.82, 2.24) is 4.58 Å². The number of nitrogens with zero attached hydrogens (tertiary/aromatic N) is 2. The number of halogens is 6. The molecule has 1 N–H and O–H groups in total. The van der Waals surface area contributed by atoms with Crippen LogP contribution in [0.4, 0.5) is 32.0 Å². The minimum Gasteiger partial charge on any atom is -0.478 e. The highest BCUT2D eigenvalue weighted by Gasteiger charge is 2.35. The number of carboxylic acids is 1. The molecule has 0 aromatic heterocycles. The zero-order valence-electron chi connectivity index (χ0n) is 18.9. The highest BCUT2D eigenvalue weighted by Crippen LogP contribution is 2.44. The minimum absolute atomic E-state index is 0.0901. The summed E-state index contributed by atoms with van der Waals surface area (Å²) in [6.07, 6.45) is -2.01. The Bertz CT molecular complexity index is 1650. The summed E-state index contributed by atoms with van der Waals surface area (Å²) in [5.41, 5.74) is -1.82. The molecule has 2 fully saturated rings. The first-order valence-corrected chi connectivity index (χ1v) is 11.3. The van der Waals surface area contributed by atoms with Crippen LogP contribution in [0.5, 0.6) is 0 Å². The number of fused-ring (bicyclic) bond motifs is 2. The zero-order valence-corrected chi connectivity index (χ0v) is 18.9. The number of carbonyl (C=O) groups is 1. The lowest BCUT2D eigenvalue weighted by Crippen LogP contribution is -2.50. The maximum atomic E-state index is 15.3. The monoisotopic (exact) mass is 519 g/mol. The van der Waals surface area contributed by atoms with Crippen LogP contribution in [0.25, 0.3) is 33.4 Å². The lowest BCUT2D eigenvalue weighted by molar-refractivity contribution is 0.0690. The van der Waals surface area contributed by atoms with Crippen molar-refractivity contribution in [3.05, 3.63) is 70.6 Å². The van der Waals surface area contributed by atoms with Crippen LogP contribution in [0, 0.1) is 23.3 Å². The lowest BCUT2D eigenvalue weighted by atomic mass is 9.89. The Morgan fingerprint density at radius 1 is 0.892 bits per heavy atom. The van der Waals surface area contributed by atoms with Crippen LogP contribution in [-0.4, -0.2) is 49.6 Å². The van der Waals surface area contributed by atoms with Crippen LogP contribution >= 0.6 is 0 Å². The molecule has 5 nitrogen and oxygen atoms in total. The Morgan fingerprint density at radius 3 is 2.24 bits per heavy atom. The second kappa shape index (κ2) is 8.25. The molecule has 1 aliphatic carbocycles. The van der Waals surface area contributed by atoms with Gasteiger partial charge in [0.1, 0.15) is 23.1 Å². The van der Waals surface area contributed by atoms with Gasteiger partial charge in [0.15, 0.2) is 36.4 Å². The number of hydrogen-bond donors (Lipinski definition) is 1. The molecule has 2 aromatic rings. The highest BCUT2D eigenvalue weighted by atomic mass is 19.2. The molecule has 11 heteroatoms. The van der Waals surface area contributed by atoms with Crippen molar-refractivity contribution in [2.45, 2.75) is 12.3 Å². The van der Waals surface area contributed by atoms with Crippen molar-refractivity contribution in [1.29, 1.82) is 0 Å². The van der Waals surface area contributed by atoms with E-state index in [0.29, 0.717) is 11.0 Å². The van der Waals surface area contributed by atoms with Gasteiger partial charge in [-0.3, -0.25) is 0 Å². The Labute approximate surface area is 204 Å². The molecule has 37 heavy (non-hydrogen) atoms. The van der Waals surface area contributed by atoms with Crippen molar-refractivity contribution >= 4 is 22.6 Å². The van der Waals surface area contributed by atoms with Gasteiger partial charge in [-0.25, -0.2) is 35.7 Å². The van der Waals surface area contributed by atoms with E-state index in [0.717, 1.165) is 0 Å². The van der Waals surface area contributed by atoms with E-state index < -0.39 is 52.7 Å². The van der Waals surface area contributed by atoms with Crippen LogP contribution in [0.15, 0.2) is 40.8 Å². The van der Waals surface area contributed by atoms with Gasteiger partial charge in [-0.1, -0.05) is 0 Å². The second-order valence-electron chi connectivity index (χ2n) is 9.15. The fourth-order valence-electron chi connectivity index (χ4n) is 4.87. The maximum Gasteiger partial charge on any atom is 0.339 e. The topological polar surface area (TPSA) is 56.7 Å². The fraction of sp³-hybridized carbons (Fsp3) is 0.231. The predicted octanol–water partition coefficient (Wildman–Crippen LogP) is 4.74. The predicted molar refractivity (Wildman–Crippen MR) is 122 cm³/mol. The summed E-state index contributed by atoms with van der Waals surface area (Å²) in [6.45, 7) is 0.562. The van der Waals surface area contributed by atoms with Crippen molar-refractivity contribution in [2.75, 3.05) is 31.1 Å². The molecule has 0 radical (unpaired) electrons. The van der Waals surface area contributed by atoms with E-state index in [9.17, 15) is 31.9 Å². The van der Waals surface area contributed by atoms with Gasteiger partial charge in [0.2, 0.25) is 11.5 Å². The van der Waals surface area contributed by atoms with E-state index in [1.807, 2.05) is 0 Å². The van der Waals surface area contributed by atoms with Crippen LogP contribution in [0.3, 0.4) is 0 Å². The van der Waals surface area contributed by atoms with Gasteiger partial charge in [0, 0.05) is 39.9 Å². The Balaban J connectivity index is 1.71. The largest absolute Gasteiger partial charge is 0.478 e. The van der Waals surface area contributed by atoms with Crippen LogP contribution < -0.4 is 14.8 Å². The van der Waals surface area contributed by atoms with Gasteiger partial charge in [0.25, 0.3) is 0 Å². The Kier molecular flexibility index (Phi) is 5.22. The molecular weight excluding hydrogens is 502 g/mol. The van der Waals surface area contributed by atoms with Crippen molar-refractivity contribution in [2.24, 2.45) is 0 Å². The minimum atomic E-state index is -2.24. The summed E-state index contributed by atoms with van der Waals surface area (Å²) in [5.74, 6) is -10.2. The normalized spacial score (nSPS) is 17.8. The maximum absolute atomic E-state index is 15.3. The number of alkyl halides is 2. The van der Waals surface area contributed by atoms with Crippen molar-refractivity contribution < 1.29 is 40.7 Å². The van der Waals surface area contributed by atoms with E-state index >= 15 is 4.39 Å². The SMILES string of the molecule is O=C(O)c1c(F)c(F)c(F)c(F)c1-c1c2ccc(=[N+]3CC(F)C3)cc-2oc2cc(N3CC(F)C3)ccc12.